The van der Waals surface area contributed by atoms with Crippen molar-refractivity contribution in [2.24, 2.45) is 5.73 Å². The number of hydrogen-bond acceptors (Lipinski definition) is 5. The maximum Gasteiger partial charge on any atom is 0.239 e. The Kier molecular flexibility index (Phi) is 3.66. The Bertz CT molecular complexity index is 249. The molecule has 74 valence electrons. The fourth-order valence-electron chi connectivity index (χ4n) is 1.04. The van der Waals surface area contributed by atoms with Crippen molar-refractivity contribution in [1.29, 1.82) is 0 Å². The Morgan fingerprint density at radius 1 is 1.62 bits per heavy atom. The zero-order valence-electron chi connectivity index (χ0n) is 7.66. The molecule has 0 aliphatic rings. The van der Waals surface area contributed by atoms with Crippen LogP contribution in [0.5, 0.6) is 0 Å². The second-order valence-corrected chi connectivity index (χ2v) is 2.82. The molecule has 0 aliphatic carbocycles. The molecule has 0 spiro atoms. The number of H-pyrrole nitrogens is 1. The number of hydrogen-bond donors (Lipinski definition) is 3. The van der Waals surface area contributed by atoms with Gasteiger partial charge >= 0.3 is 0 Å². The molecule has 0 aromatic carbocycles. The third kappa shape index (κ3) is 3.00. The minimum atomic E-state index is -0.139. The summed E-state index contributed by atoms with van der Waals surface area (Å²) in [5.74, 6) is 0.866. The van der Waals surface area contributed by atoms with Crippen LogP contribution in [0.3, 0.4) is 0 Å². The van der Waals surface area contributed by atoms with Crippen LogP contribution in [0, 0.1) is 0 Å². The van der Waals surface area contributed by atoms with Gasteiger partial charge in [0, 0.05) is 13.7 Å². The Balaban J connectivity index is 2.35. The summed E-state index contributed by atoms with van der Waals surface area (Å²) in [5.41, 5.74) is 11.1. The van der Waals surface area contributed by atoms with E-state index in [9.17, 15) is 0 Å². The third-order valence-corrected chi connectivity index (χ3v) is 1.73. The van der Waals surface area contributed by atoms with E-state index in [0.29, 0.717) is 12.4 Å². The summed E-state index contributed by atoms with van der Waals surface area (Å²) in [5, 5.41) is 6.38. The van der Waals surface area contributed by atoms with Crippen LogP contribution in [0.15, 0.2) is 0 Å². The van der Waals surface area contributed by atoms with Crippen LogP contribution >= 0.6 is 0 Å². The number of anilines is 1. The number of methoxy groups -OCH3 is 1. The van der Waals surface area contributed by atoms with Crippen molar-refractivity contribution in [2.45, 2.75) is 18.9 Å². The molecule has 1 heterocycles. The first-order valence-corrected chi connectivity index (χ1v) is 4.16. The van der Waals surface area contributed by atoms with Crippen molar-refractivity contribution in [1.82, 2.24) is 15.2 Å². The zero-order valence-corrected chi connectivity index (χ0v) is 7.66. The van der Waals surface area contributed by atoms with Crippen molar-refractivity contribution in [2.75, 3.05) is 19.5 Å². The quantitative estimate of drug-likeness (QED) is 0.552. The van der Waals surface area contributed by atoms with E-state index in [1.54, 1.807) is 7.11 Å². The van der Waals surface area contributed by atoms with Crippen LogP contribution in [0.1, 0.15) is 24.7 Å². The highest BCUT2D eigenvalue weighted by Crippen LogP contribution is 2.11. The van der Waals surface area contributed by atoms with Gasteiger partial charge in [-0.2, -0.15) is 4.98 Å². The molecule has 13 heavy (non-hydrogen) atoms. The molecular formula is C7H15N5O. The number of ether oxygens (including phenoxy) is 1. The molecule has 1 unspecified atom stereocenters. The molecule has 1 aromatic heterocycles. The second-order valence-electron chi connectivity index (χ2n) is 2.82. The van der Waals surface area contributed by atoms with Gasteiger partial charge in [0.25, 0.3) is 0 Å². The van der Waals surface area contributed by atoms with Gasteiger partial charge in [-0.3, -0.25) is 5.10 Å². The first-order chi connectivity index (χ1) is 6.24. The van der Waals surface area contributed by atoms with Crippen molar-refractivity contribution in [3.05, 3.63) is 5.82 Å². The minimum Gasteiger partial charge on any atom is -0.385 e. The maximum atomic E-state index is 5.80. The van der Waals surface area contributed by atoms with Gasteiger partial charge in [0.15, 0.2) is 0 Å². The van der Waals surface area contributed by atoms with Crippen LogP contribution in [-0.2, 0) is 4.74 Å². The van der Waals surface area contributed by atoms with E-state index in [1.165, 1.54) is 0 Å². The molecular weight excluding hydrogens is 170 g/mol. The summed E-state index contributed by atoms with van der Waals surface area (Å²) < 4.78 is 4.91. The van der Waals surface area contributed by atoms with Crippen molar-refractivity contribution in [3.8, 4) is 0 Å². The van der Waals surface area contributed by atoms with Crippen LogP contribution < -0.4 is 11.5 Å². The topological polar surface area (TPSA) is 103 Å². The lowest BCUT2D eigenvalue weighted by Gasteiger charge is -2.06. The largest absolute Gasteiger partial charge is 0.385 e. The van der Waals surface area contributed by atoms with Gasteiger partial charge in [-0.1, -0.05) is 0 Å². The number of nitrogen functional groups attached to an aromatic ring is 1. The highest BCUT2D eigenvalue weighted by molar-refractivity contribution is 5.13. The van der Waals surface area contributed by atoms with Crippen LogP contribution in [0.25, 0.3) is 0 Å². The van der Waals surface area contributed by atoms with Gasteiger partial charge in [-0.15, -0.1) is 5.10 Å². The van der Waals surface area contributed by atoms with Gasteiger partial charge in [0.1, 0.15) is 5.82 Å². The van der Waals surface area contributed by atoms with E-state index in [0.717, 1.165) is 12.8 Å². The molecule has 0 saturated heterocycles. The average molecular weight is 185 g/mol. The molecule has 0 saturated carbocycles. The monoisotopic (exact) mass is 185 g/mol. The van der Waals surface area contributed by atoms with Gasteiger partial charge < -0.3 is 16.2 Å². The van der Waals surface area contributed by atoms with Gasteiger partial charge in [0.2, 0.25) is 5.95 Å². The predicted octanol–water partition coefficient (Wildman–Crippen LogP) is -0.187. The van der Waals surface area contributed by atoms with Crippen LogP contribution in [0.2, 0.25) is 0 Å². The number of nitrogens with two attached hydrogens (primary N) is 2. The fourth-order valence-corrected chi connectivity index (χ4v) is 1.04. The second kappa shape index (κ2) is 4.78. The van der Waals surface area contributed by atoms with Crippen LogP contribution in [0.4, 0.5) is 5.95 Å². The van der Waals surface area contributed by atoms with Crippen molar-refractivity contribution >= 4 is 5.95 Å². The molecule has 0 aliphatic heterocycles. The summed E-state index contributed by atoms with van der Waals surface area (Å²) in [7, 11) is 1.66. The minimum absolute atomic E-state index is 0.139. The molecule has 0 amide bonds. The molecule has 1 atom stereocenters. The maximum absolute atomic E-state index is 5.80. The van der Waals surface area contributed by atoms with Crippen molar-refractivity contribution in [3.63, 3.8) is 0 Å². The van der Waals surface area contributed by atoms with Crippen molar-refractivity contribution < 1.29 is 4.74 Å². The molecule has 5 N–H and O–H groups in total. The normalized spacial score (nSPS) is 13.1. The Morgan fingerprint density at radius 3 is 2.92 bits per heavy atom. The molecule has 1 aromatic rings. The van der Waals surface area contributed by atoms with Crippen LogP contribution in [-0.4, -0.2) is 28.9 Å². The smallest absolute Gasteiger partial charge is 0.239 e. The molecule has 0 radical (unpaired) electrons. The molecule has 6 heteroatoms. The van der Waals surface area contributed by atoms with Gasteiger partial charge in [0.05, 0.1) is 6.04 Å². The Hall–Kier alpha value is -1.14. The first-order valence-electron chi connectivity index (χ1n) is 4.16. The fraction of sp³-hybridized carbons (Fsp3) is 0.714. The average Bonchev–Trinajstić information content (AvgIpc) is 2.52. The Labute approximate surface area is 76.7 Å². The highest BCUT2D eigenvalue weighted by Gasteiger charge is 2.09. The summed E-state index contributed by atoms with van der Waals surface area (Å²) >= 11 is 0. The van der Waals surface area contributed by atoms with E-state index < -0.39 is 0 Å². The number of aromatic amines is 1. The number of nitrogens with zero attached hydrogens (tertiary/aromatic N) is 2. The van der Waals surface area contributed by atoms with Gasteiger partial charge in [-0.05, 0) is 12.8 Å². The number of rotatable bonds is 5. The lowest BCUT2D eigenvalue weighted by Crippen LogP contribution is -2.13. The van der Waals surface area contributed by atoms with E-state index in [4.69, 9.17) is 16.2 Å². The Morgan fingerprint density at radius 2 is 2.38 bits per heavy atom. The highest BCUT2D eigenvalue weighted by atomic mass is 16.5. The predicted molar refractivity (Wildman–Crippen MR) is 48.8 cm³/mol. The standard InChI is InChI=1S/C7H15N5O/c1-13-4-2-3-5(8)6-10-7(9)12-11-6/h5H,2-4,8H2,1H3,(H3,9,10,11,12). The number of nitrogens with one attached hydrogen (secondary N) is 1. The molecule has 0 bridgehead atoms. The first kappa shape index (κ1) is 9.94. The lowest BCUT2D eigenvalue weighted by atomic mass is 10.1. The number of aromatic nitrogens is 3. The molecule has 1 rings (SSSR count). The lowest BCUT2D eigenvalue weighted by molar-refractivity contribution is 0.190. The summed E-state index contributed by atoms with van der Waals surface area (Å²) in [6.45, 7) is 0.706. The summed E-state index contributed by atoms with van der Waals surface area (Å²) in [4.78, 5) is 3.93. The molecule has 0 fully saturated rings. The van der Waals surface area contributed by atoms with E-state index in [-0.39, 0.29) is 12.0 Å². The third-order valence-electron chi connectivity index (χ3n) is 1.73. The van der Waals surface area contributed by atoms with Gasteiger partial charge in [-0.25, -0.2) is 0 Å². The summed E-state index contributed by atoms with van der Waals surface area (Å²) in [6, 6.07) is -0.139. The summed E-state index contributed by atoms with van der Waals surface area (Å²) in [6.07, 6.45) is 1.71. The van der Waals surface area contributed by atoms with E-state index in [2.05, 4.69) is 15.2 Å². The molecule has 6 nitrogen and oxygen atoms in total. The zero-order chi connectivity index (χ0) is 9.68. The SMILES string of the molecule is COCCCC(N)c1nc(N)n[nH]1. The van der Waals surface area contributed by atoms with E-state index >= 15 is 0 Å². The van der Waals surface area contributed by atoms with E-state index in [1.807, 2.05) is 0 Å².